The van der Waals surface area contributed by atoms with E-state index < -0.39 is 11.8 Å². The van der Waals surface area contributed by atoms with Crippen molar-refractivity contribution in [3.05, 3.63) is 40.2 Å². The molecule has 4 nitrogen and oxygen atoms in total. The van der Waals surface area contributed by atoms with E-state index in [0.29, 0.717) is 0 Å². The lowest BCUT2D eigenvalue weighted by molar-refractivity contribution is 0.0692. The summed E-state index contributed by atoms with van der Waals surface area (Å²) >= 11 is 6.87. The van der Waals surface area contributed by atoms with Crippen LogP contribution in [0.1, 0.15) is 10.5 Å². The number of anilines is 2. The van der Waals surface area contributed by atoms with Gasteiger partial charge in [0.05, 0.1) is 16.2 Å². The number of aromatic carboxylic acids is 1. The van der Waals surface area contributed by atoms with E-state index in [1.807, 2.05) is 0 Å². The monoisotopic (exact) mass is 272 g/mol. The summed E-state index contributed by atoms with van der Waals surface area (Å²) < 4.78 is 13.5. The van der Waals surface area contributed by atoms with Crippen molar-refractivity contribution in [1.82, 2.24) is 4.98 Å². The van der Waals surface area contributed by atoms with E-state index in [1.54, 1.807) is 0 Å². The van der Waals surface area contributed by atoms with Gasteiger partial charge in [-0.05, 0) is 12.1 Å². The zero-order valence-corrected chi connectivity index (χ0v) is 9.85. The fraction of sp³-hybridized carbons (Fsp3) is 0. The van der Waals surface area contributed by atoms with Gasteiger partial charge in [-0.15, -0.1) is 11.3 Å². The molecule has 2 rings (SSSR count). The number of rotatable bonds is 3. The highest BCUT2D eigenvalue weighted by Gasteiger charge is 2.16. The summed E-state index contributed by atoms with van der Waals surface area (Å²) in [4.78, 5) is 14.5. The number of carboxylic acids is 1. The Bertz CT molecular complexity index is 553. The van der Waals surface area contributed by atoms with Crippen LogP contribution in [0.5, 0.6) is 0 Å². The highest BCUT2D eigenvalue weighted by molar-refractivity contribution is 7.14. The first-order valence-corrected chi connectivity index (χ1v) is 5.73. The zero-order chi connectivity index (χ0) is 12.4. The molecule has 0 saturated heterocycles. The summed E-state index contributed by atoms with van der Waals surface area (Å²) in [5, 5.41) is 11.9. The predicted molar refractivity (Wildman–Crippen MR) is 63.8 cm³/mol. The summed E-state index contributed by atoms with van der Waals surface area (Å²) in [6, 6.07) is 4.21. The Morgan fingerprint density at radius 2 is 2.29 bits per heavy atom. The lowest BCUT2D eigenvalue weighted by atomic mass is 10.3. The molecule has 0 aliphatic rings. The molecule has 2 aromatic rings. The molecule has 88 valence electrons. The Balaban J connectivity index is 2.38. The lowest BCUT2D eigenvalue weighted by Crippen LogP contribution is -2.02. The molecule has 1 aromatic heterocycles. The largest absolute Gasteiger partial charge is 0.476 e. The summed E-state index contributed by atoms with van der Waals surface area (Å²) in [5.41, 5.74) is 1.25. The molecule has 0 fully saturated rings. The molecule has 0 atom stereocenters. The van der Waals surface area contributed by atoms with Crippen molar-refractivity contribution in [1.29, 1.82) is 0 Å². The lowest BCUT2D eigenvalue weighted by Gasteiger charge is -2.07. The molecular weight excluding hydrogens is 267 g/mol. The highest BCUT2D eigenvalue weighted by Crippen LogP contribution is 2.31. The third-order valence-electron chi connectivity index (χ3n) is 1.97. The third-order valence-corrected chi connectivity index (χ3v) is 3.03. The average molecular weight is 273 g/mol. The van der Waals surface area contributed by atoms with Gasteiger partial charge in [-0.3, -0.25) is 0 Å². The molecular formula is C10H6ClFN2O2S. The molecule has 1 aromatic carbocycles. The fourth-order valence-corrected chi connectivity index (χ4v) is 2.10. The van der Waals surface area contributed by atoms with Crippen LogP contribution in [0.25, 0.3) is 0 Å². The van der Waals surface area contributed by atoms with E-state index in [4.69, 9.17) is 16.7 Å². The maximum Gasteiger partial charge on any atom is 0.357 e. The van der Waals surface area contributed by atoms with Crippen LogP contribution in [0.3, 0.4) is 0 Å². The number of carboxylic acid groups (broad SMARTS) is 1. The summed E-state index contributed by atoms with van der Waals surface area (Å²) in [6.07, 6.45) is 0. The second-order valence-corrected chi connectivity index (χ2v) is 4.32. The normalized spacial score (nSPS) is 10.2. The van der Waals surface area contributed by atoms with Crippen LogP contribution >= 0.6 is 22.9 Å². The molecule has 2 N–H and O–H groups in total. The Kier molecular flexibility index (Phi) is 3.26. The minimum absolute atomic E-state index is 0.0425. The minimum Gasteiger partial charge on any atom is -0.476 e. The first-order chi connectivity index (χ1) is 8.09. The van der Waals surface area contributed by atoms with Gasteiger partial charge in [0.1, 0.15) is 10.8 Å². The van der Waals surface area contributed by atoms with Crippen LogP contribution < -0.4 is 5.32 Å². The van der Waals surface area contributed by atoms with Crippen LogP contribution in [0, 0.1) is 5.82 Å². The van der Waals surface area contributed by atoms with Gasteiger partial charge in [-0.2, -0.15) is 0 Å². The van der Waals surface area contributed by atoms with E-state index in [0.717, 1.165) is 11.3 Å². The van der Waals surface area contributed by atoms with Crippen molar-refractivity contribution in [3.8, 4) is 0 Å². The molecule has 0 bridgehead atoms. The second-order valence-electron chi connectivity index (χ2n) is 3.06. The van der Waals surface area contributed by atoms with Gasteiger partial charge in [0.25, 0.3) is 0 Å². The molecule has 0 unspecified atom stereocenters. The van der Waals surface area contributed by atoms with E-state index in [-0.39, 0.29) is 21.4 Å². The number of benzene rings is 1. The van der Waals surface area contributed by atoms with Crippen LogP contribution in [0.15, 0.2) is 23.7 Å². The van der Waals surface area contributed by atoms with Crippen molar-refractivity contribution in [2.45, 2.75) is 0 Å². The first kappa shape index (κ1) is 11.8. The quantitative estimate of drug-likeness (QED) is 0.899. The number of halogens is 2. The van der Waals surface area contributed by atoms with Gasteiger partial charge in [0.2, 0.25) is 0 Å². The number of nitrogens with one attached hydrogen (secondary N) is 1. The first-order valence-electron chi connectivity index (χ1n) is 4.47. The second kappa shape index (κ2) is 4.68. The molecule has 0 aliphatic heterocycles. The van der Waals surface area contributed by atoms with Crippen LogP contribution in [0.4, 0.5) is 15.1 Å². The standard InChI is InChI=1S/C10H6ClFN2O2S/c11-5-2-1-3-6(12)7(5)14-9-8(10(15)16)13-4-17-9/h1-4,14H,(H,15,16). The topological polar surface area (TPSA) is 62.2 Å². The summed E-state index contributed by atoms with van der Waals surface area (Å²) in [5.74, 6) is -1.73. The van der Waals surface area contributed by atoms with Gasteiger partial charge >= 0.3 is 5.97 Å². The van der Waals surface area contributed by atoms with E-state index >= 15 is 0 Å². The van der Waals surface area contributed by atoms with Crippen molar-refractivity contribution >= 4 is 39.6 Å². The molecule has 1 heterocycles. The predicted octanol–water partition coefficient (Wildman–Crippen LogP) is 3.38. The zero-order valence-electron chi connectivity index (χ0n) is 8.28. The number of hydrogen-bond donors (Lipinski definition) is 2. The number of hydrogen-bond acceptors (Lipinski definition) is 4. The van der Waals surface area contributed by atoms with Gasteiger partial charge in [0.15, 0.2) is 5.69 Å². The maximum absolute atomic E-state index is 13.5. The average Bonchev–Trinajstić information content (AvgIpc) is 2.72. The highest BCUT2D eigenvalue weighted by atomic mass is 35.5. The molecule has 0 spiro atoms. The molecule has 7 heteroatoms. The third kappa shape index (κ3) is 2.37. The van der Waals surface area contributed by atoms with E-state index in [2.05, 4.69) is 10.3 Å². The fourth-order valence-electron chi connectivity index (χ4n) is 1.22. The van der Waals surface area contributed by atoms with E-state index in [1.165, 1.54) is 23.7 Å². The molecule has 0 aliphatic carbocycles. The number of para-hydroxylation sites is 1. The molecule has 0 radical (unpaired) electrons. The Labute approximate surface area is 105 Å². The summed E-state index contributed by atoms with van der Waals surface area (Å²) in [6.45, 7) is 0. The Morgan fingerprint density at radius 3 is 2.94 bits per heavy atom. The van der Waals surface area contributed by atoms with Gasteiger partial charge in [0, 0.05) is 0 Å². The van der Waals surface area contributed by atoms with Crippen molar-refractivity contribution in [3.63, 3.8) is 0 Å². The number of thiazole rings is 1. The molecule has 0 amide bonds. The van der Waals surface area contributed by atoms with Crippen molar-refractivity contribution in [2.75, 3.05) is 5.32 Å². The number of carbonyl (C=O) groups is 1. The van der Waals surface area contributed by atoms with Crippen LogP contribution in [-0.2, 0) is 0 Å². The van der Waals surface area contributed by atoms with Gasteiger partial charge < -0.3 is 10.4 Å². The summed E-state index contributed by atoms with van der Waals surface area (Å²) in [7, 11) is 0. The smallest absolute Gasteiger partial charge is 0.357 e. The maximum atomic E-state index is 13.5. The SMILES string of the molecule is O=C(O)c1ncsc1Nc1c(F)cccc1Cl. The van der Waals surface area contributed by atoms with Crippen molar-refractivity contribution in [2.24, 2.45) is 0 Å². The van der Waals surface area contributed by atoms with Gasteiger partial charge in [-0.1, -0.05) is 17.7 Å². The number of nitrogens with zero attached hydrogens (tertiary/aromatic N) is 1. The molecule has 17 heavy (non-hydrogen) atoms. The van der Waals surface area contributed by atoms with Gasteiger partial charge in [-0.25, -0.2) is 14.2 Å². The Hall–Kier alpha value is -1.66. The van der Waals surface area contributed by atoms with Crippen molar-refractivity contribution < 1.29 is 14.3 Å². The van der Waals surface area contributed by atoms with Crippen LogP contribution in [-0.4, -0.2) is 16.1 Å². The Morgan fingerprint density at radius 1 is 1.53 bits per heavy atom. The van der Waals surface area contributed by atoms with Crippen LogP contribution in [0.2, 0.25) is 5.02 Å². The van der Waals surface area contributed by atoms with E-state index in [9.17, 15) is 9.18 Å². The minimum atomic E-state index is -1.18. The molecule has 0 saturated carbocycles. The number of aromatic nitrogens is 1.